The molecule has 5 heteroatoms. The maximum absolute atomic E-state index is 6.14. The number of H-pyrrole nitrogens is 1. The molecule has 1 aromatic heterocycles. The van der Waals surface area contributed by atoms with E-state index in [9.17, 15) is 0 Å². The van der Waals surface area contributed by atoms with Gasteiger partial charge in [0.1, 0.15) is 0 Å². The highest BCUT2D eigenvalue weighted by atomic mass is 35.5. The molecular weight excluding hydrogens is 299 g/mol. The molecule has 2 nitrogen and oxygen atoms in total. The Labute approximate surface area is 126 Å². The van der Waals surface area contributed by atoms with E-state index in [2.05, 4.69) is 9.55 Å². The zero-order chi connectivity index (χ0) is 13.2. The van der Waals surface area contributed by atoms with Gasteiger partial charge in [0.2, 0.25) is 0 Å². The molecule has 0 amide bonds. The standard InChI is InChI=1S/C14H14Cl2N2S/c15-9-5-11-12(6-10(9)16)18(13(19)17-11)7-14(3-4-14)8-1-2-8/h5-6,8H,1-4,7H2,(H,17,19). The highest BCUT2D eigenvalue weighted by Gasteiger charge is 2.53. The number of nitrogens with one attached hydrogen (secondary N) is 1. The van der Waals surface area contributed by atoms with Crippen LogP contribution in [0.15, 0.2) is 12.1 Å². The van der Waals surface area contributed by atoms with Crippen LogP contribution in [0.2, 0.25) is 10.0 Å². The molecule has 2 saturated carbocycles. The van der Waals surface area contributed by atoms with E-state index in [0.29, 0.717) is 15.5 Å². The third kappa shape index (κ3) is 1.94. The number of rotatable bonds is 3. The summed E-state index contributed by atoms with van der Waals surface area (Å²) < 4.78 is 2.98. The van der Waals surface area contributed by atoms with Crippen LogP contribution in [0.4, 0.5) is 0 Å². The van der Waals surface area contributed by atoms with Crippen LogP contribution >= 0.6 is 35.4 Å². The number of hydrogen-bond donors (Lipinski definition) is 1. The molecule has 0 aliphatic heterocycles. The molecule has 100 valence electrons. The molecule has 0 atom stereocenters. The highest BCUT2D eigenvalue weighted by Crippen LogP contribution is 2.62. The lowest BCUT2D eigenvalue weighted by Crippen LogP contribution is -2.13. The van der Waals surface area contributed by atoms with Crippen LogP contribution in [-0.4, -0.2) is 9.55 Å². The number of aromatic nitrogens is 2. The van der Waals surface area contributed by atoms with Crippen molar-refractivity contribution < 1.29 is 0 Å². The van der Waals surface area contributed by atoms with E-state index >= 15 is 0 Å². The zero-order valence-corrected chi connectivity index (χ0v) is 12.7. The van der Waals surface area contributed by atoms with Crippen molar-refractivity contribution in [2.24, 2.45) is 11.3 Å². The van der Waals surface area contributed by atoms with Crippen molar-refractivity contribution in [2.75, 3.05) is 0 Å². The van der Waals surface area contributed by atoms with Crippen LogP contribution in [0, 0.1) is 16.1 Å². The van der Waals surface area contributed by atoms with E-state index in [1.807, 2.05) is 12.1 Å². The summed E-state index contributed by atoms with van der Waals surface area (Å²) in [4.78, 5) is 3.24. The summed E-state index contributed by atoms with van der Waals surface area (Å²) in [7, 11) is 0. The van der Waals surface area contributed by atoms with Gasteiger partial charge in [-0.2, -0.15) is 0 Å². The quantitative estimate of drug-likeness (QED) is 0.773. The van der Waals surface area contributed by atoms with E-state index in [0.717, 1.165) is 28.3 Å². The van der Waals surface area contributed by atoms with Crippen molar-refractivity contribution >= 4 is 46.5 Å². The molecule has 2 aliphatic rings. The minimum Gasteiger partial charge on any atom is -0.331 e. The van der Waals surface area contributed by atoms with Gasteiger partial charge in [0.05, 0.1) is 21.1 Å². The van der Waals surface area contributed by atoms with Crippen LogP contribution in [0.5, 0.6) is 0 Å². The fraction of sp³-hybridized carbons (Fsp3) is 0.500. The summed E-state index contributed by atoms with van der Waals surface area (Å²) in [5.41, 5.74) is 2.57. The van der Waals surface area contributed by atoms with Gasteiger partial charge in [-0.05, 0) is 61.4 Å². The largest absolute Gasteiger partial charge is 0.331 e. The first-order valence-corrected chi connectivity index (χ1v) is 7.83. The number of halogens is 2. The number of nitrogens with zero attached hydrogens (tertiary/aromatic N) is 1. The van der Waals surface area contributed by atoms with Crippen molar-refractivity contribution in [3.05, 3.63) is 26.9 Å². The molecule has 2 fully saturated rings. The monoisotopic (exact) mass is 312 g/mol. The third-order valence-corrected chi connectivity index (χ3v) is 5.67. The third-order valence-electron chi connectivity index (χ3n) is 4.62. The summed E-state index contributed by atoms with van der Waals surface area (Å²) in [5.74, 6) is 0.919. The normalized spacial score (nSPS) is 20.9. The number of imidazole rings is 1. The van der Waals surface area contributed by atoms with Gasteiger partial charge < -0.3 is 9.55 Å². The van der Waals surface area contributed by atoms with E-state index in [-0.39, 0.29) is 0 Å². The second kappa shape index (κ2) is 4.00. The van der Waals surface area contributed by atoms with Crippen LogP contribution in [0.3, 0.4) is 0 Å². The van der Waals surface area contributed by atoms with Gasteiger partial charge in [-0.15, -0.1) is 0 Å². The average Bonchev–Trinajstić information content (AvgIpc) is 3.24. The zero-order valence-electron chi connectivity index (χ0n) is 10.4. The van der Waals surface area contributed by atoms with E-state index in [1.54, 1.807) is 0 Å². The molecular formula is C14H14Cl2N2S. The Bertz CT molecular complexity index is 723. The molecule has 2 aliphatic carbocycles. The molecule has 0 unspecified atom stereocenters. The van der Waals surface area contributed by atoms with Crippen molar-refractivity contribution in [1.29, 1.82) is 0 Å². The summed E-state index contributed by atoms with van der Waals surface area (Å²) in [6.07, 6.45) is 5.46. The Kier molecular flexibility index (Phi) is 2.58. The number of fused-ring (bicyclic) bond motifs is 1. The highest BCUT2D eigenvalue weighted by molar-refractivity contribution is 7.71. The molecule has 2 aromatic rings. The number of benzene rings is 1. The van der Waals surface area contributed by atoms with Crippen LogP contribution in [-0.2, 0) is 6.54 Å². The lowest BCUT2D eigenvalue weighted by atomic mass is 10.0. The second-order valence-corrected chi connectivity index (χ2v) is 7.14. The first kappa shape index (κ1) is 12.2. The van der Waals surface area contributed by atoms with E-state index in [1.165, 1.54) is 25.7 Å². The van der Waals surface area contributed by atoms with Gasteiger partial charge in [-0.25, -0.2) is 0 Å². The minimum absolute atomic E-state index is 0.513. The van der Waals surface area contributed by atoms with Crippen molar-refractivity contribution in [3.63, 3.8) is 0 Å². The summed E-state index contributed by atoms with van der Waals surface area (Å²) >= 11 is 17.7. The summed E-state index contributed by atoms with van der Waals surface area (Å²) in [6.45, 7) is 1.02. The maximum atomic E-state index is 6.14. The molecule has 4 rings (SSSR count). The number of aromatic amines is 1. The van der Waals surface area contributed by atoms with Crippen LogP contribution in [0.25, 0.3) is 11.0 Å². The second-order valence-electron chi connectivity index (χ2n) is 5.94. The van der Waals surface area contributed by atoms with E-state index < -0.39 is 0 Å². The van der Waals surface area contributed by atoms with Gasteiger partial charge in [-0.1, -0.05) is 23.2 Å². The van der Waals surface area contributed by atoms with Gasteiger partial charge in [0.25, 0.3) is 0 Å². The lowest BCUT2D eigenvalue weighted by Gasteiger charge is -2.15. The lowest BCUT2D eigenvalue weighted by molar-refractivity contribution is 0.373. The smallest absolute Gasteiger partial charge is 0.178 e. The molecule has 0 bridgehead atoms. The van der Waals surface area contributed by atoms with Crippen molar-refractivity contribution in [3.8, 4) is 0 Å². The first-order valence-electron chi connectivity index (χ1n) is 6.67. The van der Waals surface area contributed by atoms with Crippen molar-refractivity contribution in [2.45, 2.75) is 32.2 Å². The predicted octanol–water partition coefficient (Wildman–Crippen LogP) is 5.20. The van der Waals surface area contributed by atoms with Gasteiger partial charge in [0.15, 0.2) is 4.77 Å². The van der Waals surface area contributed by atoms with Crippen LogP contribution < -0.4 is 0 Å². The number of hydrogen-bond acceptors (Lipinski definition) is 1. The molecule has 0 radical (unpaired) electrons. The minimum atomic E-state index is 0.513. The maximum Gasteiger partial charge on any atom is 0.178 e. The summed E-state index contributed by atoms with van der Waals surface area (Å²) in [6, 6.07) is 3.79. The average molecular weight is 313 g/mol. The molecule has 19 heavy (non-hydrogen) atoms. The Morgan fingerprint density at radius 1 is 1.26 bits per heavy atom. The fourth-order valence-electron chi connectivity index (χ4n) is 3.18. The van der Waals surface area contributed by atoms with E-state index in [4.69, 9.17) is 35.4 Å². The Morgan fingerprint density at radius 3 is 2.58 bits per heavy atom. The Balaban J connectivity index is 1.82. The van der Waals surface area contributed by atoms with Crippen LogP contribution in [0.1, 0.15) is 25.7 Å². The Morgan fingerprint density at radius 2 is 1.95 bits per heavy atom. The van der Waals surface area contributed by atoms with Gasteiger partial charge in [-0.3, -0.25) is 0 Å². The Hall–Kier alpha value is -0.510. The predicted molar refractivity (Wildman–Crippen MR) is 81.5 cm³/mol. The summed E-state index contributed by atoms with van der Waals surface area (Å²) in [5, 5.41) is 1.16. The topological polar surface area (TPSA) is 20.7 Å². The fourth-order valence-corrected chi connectivity index (χ4v) is 3.77. The molecule has 1 heterocycles. The van der Waals surface area contributed by atoms with Crippen molar-refractivity contribution in [1.82, 2.24) is 9.55 Å². The SMILES string of the molecule is S=c1[nH]c2cc(Cl)c(Cl)cc2n1CC1(C2CC2)CC1. The first-order chi connectivity index (χ1) is 9.09. The van der Waals surface area contributed by atoms with Gasteiger partial charge >= 0.3 is 0 Å². The molecule has 0 saturated heterocycles. The molecule has 0 spiro atoms. The molecule has 1 aromatic carbocycles. The molecule has 1 N–H and O–H groups in total. The van der Waals surface area contributed by atoms with Gasteiger partial charge in [0, 0.05) is 6.54 Å².